The molecular weight excluding hydrogens is 282 g/mol. The molecule has 0 bridgehead atoms. The first kappa shape index (κ1) is 12.7. The Morgan fingerprint density at radius 2 is 1.82 bits per heavy atom. The Morgan fingerprint density at radius 3 is 2.41 bits per heavy atom. The molecule has 0 saturated carbocycles. The second-order valence-corrected chi connectivity index (χ2v) is 5.51. The minimum absolute atomic E-state index is 0.0300. The number of hydrogen-bond acceptors (Lipinski definition) is 3. The van der Waals surface area contributed by atoms with Crippen molar-refractivity contribution in [2.24, 2.45) is 5.73 Å². The molecule has 1 aliphatic heterocycles. The molecule has 0 amide bonds. The summed E-state index contributed by atoms with van der Waals surface area (Å²) < 4.78 is 12.4. The van der Waals surface area contributed by atoms with Crippen molar-refractivity contribution in [2.75, 3.05) is 13.2 Å². The summed E-state index contributed by atoms with van der Waals surface area (Å²) in [6, 6.07) is 1.93. The monoisotopic (exact) mass is 299 g/mol. The Hall–Kier alpha value is -0.740. The largest absolute Gasteiger partial charge is 0.486 e. The Morgan fingerprint density at radius 1 is 1.18 bits per heavy atom. The molecule has 0 radical (unpaired) electrons. The Kier molecular flexibility index (Phi) is 3.64. The number of nitrogens with two attached hydrogens (primary N) is 1. The van der Waals surface area contributed by atoms with Gasteiger partial charge >= 0.3 is 0 Å². The van der Waals surface area contributed by atoms with Gasteiger partial charge in [0.05, 0.1) is 0 Å². The van der Waals surface area contributed by atoms with Crippen molar-refractivity contribution in [1.82, 2.24) is 0 Å². The van der Waals surface area contributed by atoms with Crippen molar-refractivity contribution in [2.45, 2.75) is 32.7 Å². The lowest BCUT2D eigenvalue weighted by Crippen LogP contribution is -2.19. The summed E-state index contributed by atoms with van der Waals surface area (Å²) in [5.41, 5.74) is 8.33. The summed E-state index contributed by atoms with van der Waals surface area (Å²) in [5.74, 6) is 2.03. The summed E-state index contributed by atoms with van der Waals surface area (Å²) in [6.07, 6.45) is 0. The SMILES string of the molecule is CC(C)c1c2c(cc(Br)c1C(C)N)OCCO2. The molecule has 2 rings (SSSR count). The average Bonchev–Trinajstić information content (AvgIpc) is 2.26. The van der Waals surface area contributed by atoms with E-state index in [1.807, 2.05) is 13.0 Å². The van der Waals surface area contributed by atoms with E-state index in [1.54, 1.807) is 0 Å². The highest BCUT2D eigenvalue weighted by Crippen LogP contribution is 2.45. The summed E-state index contributed by atoms with van der Waals surface area (Å²) in [4.78, 5) is 0. The van der Waals surface area contributed by atoms with Crippen LogP contribution in [0.5, 0.6) is 11.5 Å². The molecule has 1 aromatic carbocycles. The van der Waals surface area contributed by atoms with Crippen LogP contribution < -0.4 is 15.2 Å². The quantitative estimate of drug-likeness (QED) is 0.911. The van der Waals surface area contributed by atoms with Crippen molar-refractivity contribution >= 4 is 15.9 Å². The Bertz CT molecular complexity index is 430. The van der Waals surface area contributed by atoms with Crippen molar-refractivity contribution in [1.29, 1.82) is 0 Å². The van der Waals surface area contributed by atoms with Crippen LogP contribution in [-0.4, -0.2) is 13.2 Å². The van der Waals surface area contributed by atoms with Gasteiger partial charge in [-0.15, -0.1) is 0 Å². The van der Waals surface area contributed by atoms with Crippen LogP contribution in [0.1, 0.15) is 43.9 Å². The normalized spacial score (nSPS) is 16.1. The minimum atomic E-state index is -0.0300. The maximum Gasteiger partial charge on any atom is 0.165 e. The molecule has 94 valence electrons. The highest BCUT2D eigenvalue weighted by molar-refractivity contribution is 9.10. The molecule has 0 fully saturated rings. The predicted octanol–water partition coefficient (Wildman–Crippen LogP) is 3.36. The number of fused-ring (bicyclic) bond motifs is 1. The van der Waals surface area contributed by atoms with Gasteiger partial charge in [0.1, 0.15) is 13.2 Å². The number of benzene rings is 1. The standard InChI is InChI=1S/C13H18BrNO2/c1-7(2)11-12(8(3)15)9(14)6-10-13(11)17-5-4-16-10/h6-8H,4-5,15H2,1-3H3. The molecule has 3 nitrogen and oxygen atoms in total. The molecule has 0 spiro atoms. The first-order valence-corrected chi connectivity index (χ1v) is 6.69. The van der Waals surface area contributed by atoms with Crippen LogP contribution in [0.15, 0.2) is 10.5 Å². The lowest BCUT2D eigenvalue weighted by molar-refractivity contribution is 0.169. The van der Waals surface area contributed by atoms with Crippen LogP contribution in [-0.2, 0) is 0 Å². The zero-order valence-corrected chi connectivity index (χ0v) is 12.0. The molecule has 0 saturated heterocycles. The van der Waals surface area contributed by atoms with Gasteiger partial charge in [-0.25, -0.2) is 0 Å². The average molecular weight is 300 g/mol. The molecule has 0 aromatic heterocycles. The van der Waals surface area contributed by atoms with Crippen molar-refractivity contribution < 1.29 is 9.47 Å². The van der Waals surface area contributed by atoms with Crippen molar-refractivity contribution in [3.63, 3.8) is 0 Å². The number of hydrogen-bond donors (Lipinski definition) is 1. The van der Waals surface area contributed by atoms with Crippen molar-refractivity contribution in [3.05, 3.63) is 21.7 Å². The van der Waals surface area contributed by atoms with E-state index in [9.17, 15) is 0 Å². The second kappa shape index (κ2) is 4.86. The first-order chi connectivity index (χ1) is 8.02. The van der Waals surface area contributed by atoms with E-state index in [2.05, 4.69) is 29.8 Å². The van der Waals surface area contributed by atoms with E-state index in [-0.39, 0.29) is 6.04 Å². The van der Waals surface area contributed by atoms with Gasteiger partial charge in [0.15, 0.2) is 11.5 Å². The predicted molar refractivity (Wildman–Crippen MR) is 71.8 cm³/mol. The van der Waals surface area contributed by atoms with Crippen LogP contribution in [0, 0.1) is 0 Å². The highest BCUT2D eigenvalue weighted by atomic mass is 79.9. The van der Waals surface area contributed by atoms with Gasteiger partial charge in [-0.3, -0.25) is 0 Å². The van der Waals surface area contributed by atoms with E-state index >= 15 is 0 Å². The topological polar surface area (TPSA) is 44.5 Å². The van der Waals surface area contributed by atoms with Gasteiger partial charge in [0.25, 0.3) is 0 Å². The lowest BCUT2D eigenvalue weighted by atomic mass is 9.92. The fourth-order valence-corrected chi connectivity index (χ4v) is 3.01. The molecule has 1 aliphatic rings. The van der Waals surface area contributed by atoms with E-state index in [0.29, 0.717) is 19.1 Å². The van der Waals surface area contributed by atoms with Gasteiger partial charge in [0.2, 0.25) is 0 Å². The molecule has 1 aromatic rings. The number of halogens is 1. The van der Waals surface area contributed by atoms with Gasteiger partial charge < -0.3 is 15.2 Å². The fraction of sp³-hybridized carbons (Fsp3) is 0.538. The summed E-state index contributed by atoms with van der Waals surface area (Å²) >= 11 is 3.58. The Balaban J connectivity index is 2.67. The zero-order chi connectivity index (χ0) is 12.6. The molecule has 1 unspecified atom stereocenters. The molecule has 4 heteroatoms. The van der Waals surface area contributed by atoms with Gasteiger partial charge in [0, 0.05) is 16.1 Å². The molecule has 0 aliphatic carbocycles. The lowest BCUT2D eigenvalue weighted by Gasteiger charge is -2.27. The van der Waals surface area contributed by atoms with Gasteiger partial charge in [-0.2, -0.15) is 0 Å². The number of ether oxygens (including phenoxy) is 2. The van der Waals surface area contributed by atoms with Crippen LogP contribution in [0.4, 0.5) is 0 Å². The third-order valence-corrected chi connectivity index (χ3v) is 3.55. The number of rotatable bonds is 2. The van der Waals surface area contributed by atoms with Crippen molar-refractivity contribution in [3.8, 4) is 11.5 Å². The fourth-order valence-electron chi connectivity index (χ4n) is 2.23. The van der Waals surface area contributed by atoms with E-state index in [4.69, 9.17) is 15.2 Å². The van der Waals surface area contributed by atoms with Crippen LogP contribution >= 0.6 is 15.9 Å². The summed E-state index contributed by atoms with van der Waals surface area (Å²) in [5, 5.41) is 0. The van der Waals surface area contributed by atoms with Crippen LogP contribution in [0.25, 0.3) is 0 Å². The molecule has 1 atom stereocenters. The summed E-state index contributed by atoms with van der Waals surface area (Å²) in [7, 11) is 0. The van der Waals surface area contributed by atoms with Gasteiger partial charge in [-0.05, 0) is 24.5 Å². The molecule has 2 N–H and O–H groups in total. The molecule has 17 heavy (non-hydrogen) atoms. The smallest absolute Gasteiger partial charge is 0.165 e. The molecular formula is C13H18BrNO2. The Labute approximate surface area is 110 Å². The maximum absolute atomic E-state index is 6.06. The van der Waals surface area contributed by atoms with E-state index in [0.717, 1.165) is 27.1 Å². The first-order valence-electron chi connectivity index (χ1n) is 5.89. The zero-order valence-electron chi connectivity index (χ0n) is 10.4. The van der Waals surface area contributed by atoms with E-state index < -0.39 is 0 Å². The maximum atomic E-state index is 6.06. The summed E-state index contributed by atoms with van der Waals surface area (Å²) in [6.45, 7) is 7.49. The van der Waals surface area contributed by atoms with Gasteiger partial charge in [-0.1, -0.05) is 29.8 Å². The van der Waals surface area contributed by atoms with Crippen LogP contribution in [0.2, 0.25) is 0 Å². The highest BCUT2D eigenvalue weighted by Gasteiger charge is 2.25. The minimum Gasteiger partial charge on any atom is -0.486 e. The van der Waals surface area contributed by atoms with Crippen LogP contribution in [0.3, 0.4) is 0 Å². The second-order valence-electron chi connectivity index (χ2n) is 4.65. The third-order valence-electron chi connectivity index (χ3n) is 2.89. The van der Waals surface area contributed by atoms with E-state index in [1.165, 1.54) is 0 Å². The molecule has 1 heterocycles. The third kappa shape index (κ3) is 2.29.